The van der Waals surface area contributed by atoms with Gasteiger partial charge in [-0.25, -0.2) is 0 Å². The molecule has 0 unspecified atom stereocenters. The van der Waals surface area contributed by atoms with E-state index in [-0.39, 0.29) is 11.2 Å². The summed E-state index contributed by atoms with van der Waals surface area (Å²) in [6.07, 6.45) is 3.21. The molecular weight excluding hydrogens is 390 g/mol. The number of likely N-dealkylation sites (tertiary alicyclic amines) is 1. The molecule has 2 aromatic heterocycles. The van der Waals surface area contributed by atoms with Gasteiger partial charge in [0.15, 0.2) is 0 Å². The fraction of sp³-hybridized carbons (Fsp3) is 0.381. The van der Waals surface area contributed by atoms with Crippen molar-refractivity contribution >= 4 is 29.0 Å². The smallest absolute Gasteiger partial charge is 0.277 e. The molecule has 7 heteroatoms. The van der Waals surface area contributed by atoms with Crippen molar-refractivity contribution in [3.05, 3.63) is 53.4 Å². The van der Waals surface area contributed by atoms with E-state index in [4.69, 9.17) is 4.42 Å². The molecule has 3 aromatic rings. The van der Waals surface area contributed by atoms with Crippen LogP contribution in [0.5, 0.6) is 0 Å². The van der Waals surface area contributed by atoms with Crippen molar-refractivity contribution in [1.29, 1.82) is 0 Å². The van der Waals surface area contributed by atoms with Crippen molar-refractivity contribution in [2.24, 2.45) is 5.92 Å². The molecule has 0 aliphatic carbocycles. The second-order valence-electron chi connectivity index (χ2n) is 7.07. The fourth-order valence-electron chi connectivity index (χ4n) is 3.52. The average Bonchev–Trinajstić information content (AvgIpc) is 3.40. The molecule has 1 fully saturated rings. The molecule has 1 aromatic carbocycles. The van der Waals surface area contributed by atoms with E-state index >= 15 is 0 Å². The maximum atomic E-state index is 12.8. The molecule has 4 rings (SSSR count). The Labute approximate surface area is 173 Å². The summed E-state index contributed by atoms with van der Waals surface area (Å²) in [5.74, 6) is 1.32. The molecule has 1 aliphatic heterocycles. The summed E-state index contributed by atoms with van der Waals surface area (Å²) in [5, 5.41) is 10.3. The Hall–Kier alpha value is -2.12. The maximum absolute atomic E-state index is 12.8. The Morgan fingerprint density at radius 1 is 1.21 bits per heavy atom. The predicted molar refractivity (Wildman–Crippen MR) is 112 cm³/mol. The number of aromatic nitrogens is 2. The second kappa shape index (κ2) is 8.92. The molecule has 3 heterocycles. The SMILES string of the molecule is C[C@H](Sc1nnc(-c2cccs2)o1)C(=O)N1CCC(Cc2ccccc2)CC1. The van der Waals surface area contributed by atoms with Gasteiger partial charge in [0.1, 0.15) is 0 Å². The number of hydrogen-bond donors (Lipinski definition) is 0. The number of thiophene rings is 1. The van der Waals surface area contributed by atoms with E-state index in [2.05, 4.69) is 40.5 Å². The first-order chi connectivity index (χ1) is 13.7. The highest BCUT2D eigenvalue weighted by atomic mass is 32.2. The minimum atomic E-state index is -0.234. The fourth-order valence-corrected chi connectivity index (χ4v) is 4.93. The van der Waals surface area contributed by atoms with Crippen LogP contribution in [0.3, 0.4) is 0 Å². The van der Waals surface area contributed by atoms with Crippen molar-refractivity contribution in [3.8, 4) is 10.8 Å². The summed E-state index contributed by atoms with van der Waals surface area (Å²) >= 11 is 2.90. The maximum Gasteiger partial charge on any atom is 0.277 e. The van der Waals surface area contributed by atoms with E-state index in [1.807, 2.05) is 29.3 Å². The summed E-state index contributed by atoms with van der Waals surface area (Å²) in [4.78, 5) is 15.7. The molecule has 146 valence electrons. The van der Waals surface area contributed by atoms with Crippen LogP contribution in [-0.2, 0) is 11.2 Å². The van der Waals surface area contributed by atoms with E-state index in [1.165, 1.54) is 17.3 Å². The number of amides is 1. The zero-order valence-corrected chi connectivity index (χ0v) is 17.4. The molecule has 1 saturated heterocycles. The number of benzene rings is 1. The van der Waals surface area contributed by atoms with Crippen molar-refractivity contribution < 1.29 is 9.21 Å². The van der Waals surface area contributed by atoms with Gasteiger partial charge >= 0.3 is 0 Å². The number of carbonyl (C=O) groups excluding carboxylic acids is 1. The predicted octanol–water partition coefficient (Wildman–Crippen LogP) is 4.76. The molecule has 1 aliphatic rings. The van der Waals surface area contributed by atoms with Crippen molar-refractivity contribution in [1.82, 2.24) is 15.1 Å². The van der Waals surface area contributed by atoms with Gasteiger partial charge in [0.2, 0.25) is 5.91 Å². The van der Waals surface area contributed by atoms with Gasteiger partial charge in [-0.1, -0.05) is 48.2 Å². The first kappa shape index (κ1) is 19.2. The van der Waals surface area contributed by atoms with E-state index < -0.39 is 0 Å². The van der Waals surface area contributed by atoms with E-state index in [9.17, 15) is 4.79 Å². The summed E-state index contributed by atoms with van der Waals surface area (Å²) in [6, 6.07) is 14.5. The number of carbonyl (C=O) groups is 1. The summed E-state index contributed by atoms with van der Waals surface area (Å²) in [5.41, 5.74) is 1.38. The lowest BCUT2D eigenvalue weighted by atomic mass is 9.90. The summed E-state index contributed by atoms with van der Waals surface area (Å²) in [6.45, 7) is 3.56. The number of piperidine rings is 1. The lowest BCUT2D eigenvalue weighted by molar-refractivity contribution is -0.131. The van der Waals surface area contributed by atoms with Crippen LogP contribution in [-0.4, -0.2) is 39.3 Å². The third kappa shape index (κ3) is 4.64. The molecule has 0 N–H and O–H groups in total. The highest BCUT2D eigenvalue weighted by molar-refractivity contribution is 8.00. The number of thioether (sulfide) groups is 1. The summed E-state index contributed by atoms with van der Waals surface area (Å²) in [7, 11) is 0. The van der Waals surface area contributed by atoms with Gasteiger partial charge in [0.05, 0.1) is 10.1 Å². The number of rotatable bonds is 6. The van der Waals surface area contributed by atoms with E-state index in [1.54, 1.807) is 11.3 Å². The Morgan fingerprint density at radius 3 is 2.71 bits per heavy atom. The van der Waals surface area contributed by atoms with Gasteiger partial charge in [0.25, 0.3) is 11.1 Å². The zero-order chi connectivity index (χ0) is 19.3. The number of nitrogens with zero attached hydrogens (tertiary/aromatic N) is 3. The average molecular weight is 414 g/mol. The molecule has 0 radical (unpaired) electrons. The third-order valence-corrected chi connectivity index (χ3v) is 6.84. The standard InChI is InChI=1S/C21H23N3O2S2/c1-15(28-21-23-22-19(26-21)18-8-5-13-27-18)20(25)24-11-9-17(10-12-24)14-16-6-3-2-4-7-16/h2-8,13,15,17H,9-12,14H2,1H3/t15-/m0/s1. The molecular formula is C21H23N3O2S2. The number of hydrogen-bond acceptors (Lipinski definition) is 6. The normalized spacial score (nSPS) is 16.2. The highest BCUT2D eigenvalue weighted by Gasteiger charge is 2.28. The van der Waals surface area contributed by atoms with E-state index in [0.717, 1.165) is 37.2 Å². The van der Waals surface area contributed by atoms with Gasteiger partial charge in [0, 0.05) is 13.1 Å². The van der Waals surface area contributed by atoms with Crippen LogP contribution in [0.4, 0.5) is 0 Å². The van der Waals surface area contributed by atoms with Crippen molar-refractivity contribution in [3.63, 3.8) is 0 Å². The Morgan fingerprint density at radius 2 is 2.00 bits per heavy atom. The van der Waals surface area contributed by atoms with Crippen LogP contribution in [0.25, 0.3) is 10.8 Å². The van der Waals surface area contributed by atoms with Gasteiger partial charge in [-0.3, -0.25) is 4.79 Å². The van der Waals surface area contributed by atoms with Crippen LogP contribution in [0.1, 0.15) is 25.3 Å². The minimum Gasteiger partial charge on any atom is -0.410 e. The monoisotopic (exact) mass is 413 g/mol. The van der Waals surface area contributed by atoms with Crippen LogP contribution in [0.15, 0.2) is 57.5 Å². The minimum absolute atomic E-state index is 0.152. The summed E-state index contributed by atoms with van der Waals surface area (Å²) < 4.78 is 5.70. The Kier molecular flexibility index (Phi) is 6.12. The lowest BCUT2D eigenvalue weighted by Crippen LogP contribution is -2.42. The largest absolute Gasteiger partial charge is 0.410 e. The van der Waals surface area contributed by atoms with Gasteiger partial charge < -0.3 is 9.32 Å². The Balaban J connectivity index is 1.28. The lowest BCUT2D eigenvalue weighted by Gasteiger charge is -2.33. The molecule has 1 amide bonds. The quantitative estimate of drug-likeness (QED) is 0.545. The van der Waals surface area contributed by atoms with Crippen molar-refractivity contribution in [2.45, 2.75) is 36.7 Å². The second-order valence-corrected chi connectivity index (χ2v) is 9.31. The Bertz CT molecular complexity index is 888. The van der Waals surface area contributed by atoms with Gasteiger partial charge in [-0.2, -0.15) is 0 Å². The van der Waals surface area contributed by atoms with Gasteiger partial charge in [-0.05, 0) is 49.1 Å². The molecule has 0 bridgehead atoms. The van der Waals surface area contributed by atoms with Crippen LogP contribution >= 0.6 is 23.1 Å². The molecule has 0 spiro atoms. The zero-order valence-electron chi connectivity index (χ0n) is 15.8. The molecule has 0 saturated carbocycles. The van der Waals surface area contributed by atoms with Crippen LogP contribution in [0, 0.1) is 5.92 Å². The van der Waals surface area contributed by atoms with Crippen molar-refractivity contribution in [2.75, 3.05) is 13.1 Å². The first-order valence-corrected chi connectivity index (χ1v) is 11.3. The molecule has 1 atom stereocenters. The molecule has 28 heavy (non-hydrogen) atoms. The molecule has 5 nitrogen and oxygen atoms in total. The topological polar surface area (TPSA) is 59.2 Å². The highest BCUT2D eigenvalue weighted by Crippen LogP contribution is 2.30. The first-order valence-electron chi connectivity index (χ1n) is 9.56. The van der Waals surface area contributed by atoms with Crippen LogP contribution < -0.4 is 0 Å². The van der Waals surface area contributed by atoms with Gasteiger partial charge in [-0.15, -0.1) is 21.5 Å². The third-order valence-electron chi connectivity index (χ3n) is 5.06. The van der Waals surface area contributed by atoms with E-state index in [0.29, 0.717) is 17.0 Å². The van der Waals surface area contributed by atoms with Crippen LogP contribution in [0.2, 0.25) is 0 Å².